The van der Waals surface area contributed by atoms with E-state index in [9.17, 15) is 28.5 Å². The fourth-order valence-corrected chi connectivity index (χ4v) is 1.40. The Morgan fingerprint density at radius 3 is 2.52 bits per heavy atom. The number of aliphatic carboxylic acids is 1. The lowest BCUT2D eigenvalue weighted by Gasteiger charge is -2.11. The zero-order valence-electron chi connectivity index (χ0n) is 10.6. The molecule has 0 spiro atoms. The largest absolute Gasteiger partial charge is 0.479 e. The van der Waals surface area contributed by atoms with E-state index in [4.69, 9.17) is 5.11 Å². The second kappa shape index (κ2) is 6.70. The monoisotopic (exact) mass is 304 g/mol. The molecule has 1 aromatic carbocycles. The molecule has 1 amide bonds. The highest BCUT2D eigenvalue weighted by Gasteiger charge is 2.23. The predicted octanol–water partition coefficient (Wildman–Crippen LogP) is 0.702. The summed E-state index contributed by atoms with van der Waals surface area (Å²) in [6.45, 7) is -0.483. The van der Waals surface area contributed by atoms with Gasteiger partial charge < -0.3 is 15.2 Å². The lowest BCUT2D eigenvalue weighted by Crippen LogP contribution is -2.38. The number of amides is 1. The summed E-state index contributed by atoms with van der Waals surface area (Å²) in [5.41, 5.74) is -1.89. The van der Waals surface area contributed by atoms with Crippen molar-refractivity contribution in [1.82, 2.24) is 5.32 Å². The molecule has 1 aromatic rings. The van der Waals surface area contributed by atoms with Gasteiger partial charge in [0.25, 0.3) is 5.91 Å². The summed E-state index contributed by atoms with van der Waals surface area (Å²) in [4.78, 5) is 31.5. The number of carbonyl (C=O) groups is 2. The number of carboxylic acid groups (broad SMARTS) is 1. The number of benzene rings is 1. The Hall–Kier alpha value is -2.62. The third-order valence-electron chi connectivity index (χ3n) is 2.49. The second-order valence-corrected chi connectivity index (χ2v) is 3.81. The van der Waals surface area contributed by atoms with Crippen molar-refractivity contribution in [3.05, 3.63) is 39.4 Å². The van der Waals surface area contributed by atoms with Crippen molar-refractivity contribution in [3.8, 4) is 0 Å². The van der Waals surface area contributed by atoms with E-state index in [1.165, 1.54) is 0 Å². The highest BCUT2D eigenvalue weighted by atomic mass is 19.1. The Morgan fingerprint density at radius 1 is 1.43 bits per heavy atom. The number of halogens is 2. The first-order valence-electron chi connectivity index (χ1n) is 5.45. The summed E-state index contributed by atoms with van der Waals surface area (Å²) in [6.07, 6.45) is -1.36. The van der Waals surface area contributed by atoms with Crippen molar-refractivity contribution in [3.63, 3.8) is 0 Å². The first-order chi connectivity index (χ1) is 9.77. The molecule has 1 unspecified atom stereocenters. The van der Waals surface area contributed by atoms with Gasteiger partial charge in [-0.05, 0) is 6.07 Å². The van der Waals surface area contributed by atoms with Gasteiger partial charge in [-0.1, -0.05) is 0 Å². The molecule has 0 fully saturated rings. The van der Waals surface area contributed by atoms with E-state index in [0.29, 0.717) is 6.07 Å². The average molecular weight is 304 g/mol. The topological polar surface area (TPSA) is 119 Å². The fourth-order valence-electron chi connectivity index (χ4n) is 1.40. The molecule has 2 N–H and O–H groups in total. The van der Waals surface area contributed by atoms with Crippen LogP contribution >= 0.6 is 0 Å². The van der Waals surface area contributed by atoms with Crippen LogP contribution in [0.5, 0.6) is 0 Å². The smallest absolute Gasteiger partial charge is 0.334 e. The number of methoxy groups -OCH3 is 1. The Morgan fingerprint density at radius 2 is 2.05 bits per heavy atom. The van der Waals surface area contributed by atoms with Crippen LogP contribution in [0.3, 0.4) is 0 Å². The van der Waals surface area contributed by atoms with Gasteiger partial charge in [0.15, 0.2) is 6.10 Å². The number of carboxylic acids is 1. The summed E-state index contributed by atoms with van der Waals surface area (Å²) >= 11 is 0. The van der Waals surface area contributed by atoms with E-state index in [0.717, 1.165) is 7.11 Å². The van der Waals surface area contributed by atoms with Gasteiger partial charge in [0.05, 0.1) is 23.1 Å². The van der Waals surface area contributed by atoms with Gasteiger partial charge >= 0.3 is 11.7 Å². The van der Waals surface area contributed by atoms with Gasteiger partial charge in [-0.25, -0.2) is 9.18 Å². The molecule has 0 aliphatic heterocycles. The summed E-state index contributed by atoms with van der Waals surface area (Å²) in [5, 5.41) is 21.1. The zero-order valence-corrected chi connectivity index (χ0v) is 10.6. The molecule has 0 heterocycles. The molecule has 21 heavy (non-hydrogen) atoms. The SMILES string of the molecule is COC(CNC(=O)c1cc(F)c([N+](=O)[O-])cc1F)C(=O)O. The molecule has 8 nitrogen and oxygen atoms in total. The molecule has 0 saturated carbocycles. The first kappa shape index (κ1) is 16.4. The molecule has 0 aliphatic rings. The molecular formula is C11H10F2N2O6. The van der Waals surface area contributed by atoms with E-state index >= 15 is 0 Å². The number of carbonyl (C=O) groups excluding carboxylic acids is 1. The number of nitro benzene ring substituents is 1. The highest BCUT2D eigenvalue weighted by molar-refractivity contribution is 5.95. The van der Waals surface area contributed by atoms with Crippen LogP contribution in [0.25, 0.3) is 0 Å². The lowest BCUT2D eigenvalue weighted by atomic mass is 10.1. The Bertz CT molecular complexity index is 592. The second-order valence-electron chi connectivity index (χ2n) is 3.81. The minimum Gasteiger partial charge on any atom is -0.479 e. The number of rotatable bonds is 6. The molecular weight excluding hydrogens is 294 g/mol. The molecule has 114 valence electrons. The average Bonchev–Trinajstić information content (AvgIpc) is 2.40. The quantitative estimate of drug-likeness (QED) is 0.590. The Balaban J connectivity index is 2.91. The molecule has 0 saturated heterocycles. The van der Waals surface area contributed by atoms with Gasteiger partial charge in [-0.2, -0.15) is 4.39 Å². The number of ether oxygens (including phenoxy) is 1. The van der Waals surface area contributed by atoms with Crippen LogP contribution in [0.15, 0.2) is 12.1 Å². The summed E-state index contributed by atoms with van der Waals surface area (Å²) in [6, 6.07) is 0.640. The van der Waals surface area contributed by atoms with E-state index in [-0.39, 0.29) is 6.07 Å². The number of nitro groups is 1. The third-order valence-corrected chi connectivity index (χ3v) is 2.49. The number of hydrogen-bond donors (Lipinski definition) is 2. The lowest BCUT2D eigenvalue weighted by molar-refractivity contribution is -0.387. The van der Waals surface area contributed by atoms with Crippen LogP contribution in [-0.2, 0) is 9.53 Å². The van der Waals surface area contributed by atoms with E-state index < -0.39 is 52.3 Å². The van der Waals surface area contributed by atoms with Gasteiger partial charge in [-0.15, -0.1) is 0 Å². The van der Waals surface area contributed by atoms with Crippen molar-refractivity contribution in [2.45, 2.75) is 6.10 Å². The van der Waals surface area contributed by atoms with Crippen LogP contribution in [-0.4, -0.2) is 41.7 Å². The van der Waals surface area contributed by atoms with Gasteiger partial charge in [-0.3, -0.25) is 14.9 Å². The molecule has 0 radical (unpaired) electrons. The van der Waals surface area contributed by atoms with Crippen molar-refractivity contribution in [2.75, 3.05) is 13.7 Å². The number of nitrogens with zero attached hydrogens (tertiary/aromatic N) is 1. The zero-order chi connectivity index (χ0) is 16.2. The molecule has 0 bridgehead atoms. The van der Waals surface area contributed by atoms with E-state index in [2.05, 4.69) is 4.74 Å². The maximum Gasteiger partial charge on any atom is 0.334 e. The van der Waals surface area contributed by atoms with Crippen LogP contribution in [0.4, 0.5) is 14.5 Å². The number of nitrogens with one attached hydrogen (secondary N) is 1. The van der Waals surface area contributed by atoms with Gasteiger partial charge in [0.2, 0.25) is 5.82 Å². The van der Waals surface area contributed by atoms with Crippen molar-refractivity contribution in [1.29, 1.82) is 0 Å². The Labute approximate surface area is 116 Å². The van der Waals surface area contributed by atoms with Gasteiger partial charge in [0.1, 0.15) is 5.82 Å². The maximum absolute atomic E-state index is 13.5. The minimum absolute atomic E-state index is 0.273. The molecule has 0 aliphatic carbocycles. The third kappa shape index (κ3) is 3.92. The van der Waals surface area contributed by atoms with E-state index in [1.807, 2.05) is 5.32 Å². The summed E-state index contributed by atoms with van der Waals surface area (Å²) in [5.74, 6) is -5.16. The van der Waals surface area contributed by atoms with E-state index in [1.54, 1.807) is 0 Å². The highest BCUT2D eigenvalue weighted by Crippen LogP contribution is 2.21. The van der Waals surface area contributed by atoms with Crippen molar-refractivity contribution >= 4 is 17.6 Å². The van der Waals surface area contributed by atoms with Crippen LogP contribution < -0.4 is 5.32 Å². The first-order valence-corrected chi connectivity index (χ1v) is 5.45. The molecule has 10 heteroatoms. The Kier molecular flexibility index (Phi) is 5.24. The standard InChI is InChI=1S/C11H10F2N2O6/c1-21-9(11(17)18)4-14-10(16)5-2-7(13)8(15(19)20)3-6(5)12/h2-3,9H,4H2,1H3,(H,14,16)(H,17,18). The predicted molar refractivity (Wildman–Crippen MR) is 63.8 cm³/mol. The molecule has 1 atom stereocenters. The molecule has 1 rings (SSSR count). The fraction of sp³-hybridized carbons (Fsp3) is 0.273. The summed E-state index contributed by atoms with van der Waals surface area (Å²) in [7, 11) is 1.09. The normalized spacial score (nSPS) is 11.8. The van der Waals surface area contributed by atoms with Crippen LogP contribution in [0.1, 0.15) is 10.4 Å². The van der Waals surface area contributed by atoms with Crippen LogP contribution in [0.2, 0.25) is 0 Å². The summed E-state index contributed by atoms with van der Waals surface area (Å²) < 4.78 is 31.4. The minimum atomic E-state index is -1.38. The van der Waals surface area contributed by atoms with Crippen molar-refractivity contribution in [2.24, 2.45) is 0 Å². The molecule has 0 aromatic heterocycles. The van der Waals surface area contributed by atoms with Crippen LogP contribution in [0, 0.1) is 21.7 Å². The van der Waals surface area contributed by atoms with Crippen molar-refractivity contribution < 1.29 is 33.1 Å². The van der Waals surface area contributed by atoms with Gasteiger partial charge in [0, 0.05) is 7.11 Å². The maximum atomic E-state index is 13.5. The number of hydrogen-bond acceptors (Lipinski definition) is 5.